The Morgan fingerprint density at radius 3 is 2.44 bits per heavy atom. The number of halogens is 3. The van der Waals surface area contributed by atoms with Crippen LogP contribution in [0, 0.1) is 17.6 Å². The third-order valence-electron chi connectivity index (χ3n) is 5.98. The molecule has 3 N–H and O–H groups in total. The molecule has 2 aromatic carbocycles. The van der Waals surface area contributed by atoms with Crippen molar-refractivity contribution in [3.05, 3.63) is 52.5 Å². The van der Waals surface area contributed by atoms with E-state index in [0.717, 1.165) is 54.5 Å². The second kappa shape index (κ2) is 10.5. The molecule has 0 unspecified atom stereocenters. The summed E-state index contributed by atoms with van der Waals surface area (Å²) in [6.45, 7) is 0.440. The highest BCUT2D eigenvalue weighted by Gasteiger charge is 2.23. The third kappa shape index (κ3) is 5.72. The Kier molecular flexibility index (Phi) is 7.45. The average molecular weight is 533 g/mol. The van der Waals surface area contributed by atoms with Gasteiger partial charge in [-0.1, -0.05) is 28.1 Å². The molecule has 0 bridgehead atoms. The summed E-state index contributed by atoms with van der Waals surface area (Å²) >= 11 is 3.02. The zero-order valence-electron chi connectivity index (χ0n) is 19.0. The van der Waals surface area contributed by atoms with E-state index >= 15 is 0 Å². The Balaban J connectivity index is 1.28. The summed E-state index contributed by atoms with van der Waals surface area (Å²) in [4.78, 5) is 23.5. The van der Waals surface area contributed by atoms with E-state index in [1.165, 1.54) is 0 Å². The summed E-state index contributed by atoms with van der Waals surface area (Å²) in [7, 11) is 3.93. The quantitative estimate of drug-likeness (QED) is 0.388. The second-order valence-corrected chi connectivity index (χ2v) is 9.64. The van der Waals surface area contributed by atoms with Crippen LogP contribution in [0.4, 0.5) is 31.0 Å². The third-order valence-corrected chi connectivity index (χ3v) is 6.44. The largest absolute Gasteiger partial charge is 0.362 e. The van der Waals surface area contributed by atoms with Gasteiger partial charge in [0.05, 0.1) is 5.52 Å². The molecule has 1 aromatic heterocycles. The van der Waals surface area contributed by atoms with Gasteiger partial charge in [0.1, 0.15) is 11.5 Å². The van der Waals surface area contributed by atoms with E-state index in [4.69, 9.17) is 4.98 Å². The van der Waals surface area contributed by atoms with E-state index in [-0.39, 0.29) is 10.5 Å². The van der Waals surface area contributed by atoms with Crippen LogP contribution in [0.2, 0.25) is 0 Å². The normalized spacial score (nSPS) is 17.9. The molecule has 1 heterocycles. The molecule has 7 nitrogen and oxygen atoms in total. The van der Waals surface area contributed by atoms with Gasteiger partial charge in [-0.15, -0.1) is 0 Å². The number of carbonyl (C=O) groups is 1. The Bertz CT molecular complexity index is 1160. The molecular weight excluding hydrogens is 506 g/mol. The van der Waals surface area contributed by atoms with E-state index in [0.29, 0.717) is 18.4 Å². The fourth-order valence-corrected chi connectivity index (χ4v) is 4.62. The number of benzene rings is 2. The fourth-order valence-electron chi connectivity index (χ4n) is 4.22. The van der Waals surface area contributed by atoms with E-state index in [9.17, 15) is 13.6 Å². The number of urea groups is 1. The van der Waals surface area contributed by atoms with Gasteiger partial charge in [-0.2, -0.15) is 4.98 Å². The van der Waals surface area contributed by atoms with Gasteiger partial charge in [0, 0.05) is 36.5 Å². The molecular formula is C24H27BrF2N6O. The van der Waals surface area contributed by atoms with E-state index in [2.05, 4.69) is 36.9 Å². The Morgan fingerprint density at radius 1 is 1.09 bits per heavy atom. The summed E-state index contributed by atoms with van der Waals surface area (Å²) in [6, 6.07) is 9.77. The number of aromatic nitrogens is 2. The highest BCUT2D eigenvalue weighted by Crippen LogP contribution is 2.28. The molecule has 3 aromatic rings. The highest BCUT2D eigenvalue weighted by molar-refractivity contribution is 9.10. The lowest BCUT2D eigenvalue weighted by molar-refractivity contribution is 0.246. The van der Waals surface area contributed by atoms with Crippen molar-refractivity contribution >= 4 is 50.3 Å². The van der Waals surface area contributed by atoms with Crippen molar-refractivity contribution in [1.29, 1.82) is 0 Å². The predicted molar refractivity (Wildman–Crippen MR) is 134 cm³/mol. The Morgan fingerprint density at radius 2 is 1.76 bits per heavy atom. The minimum atomic E-state index is -0.832. The summed E-state index contributed by atoms with van der Waals surface area (Å²) in [6.07, 6.45) is 3.65. The van der Waals surface area contributed by atoms with Crippen LogP contribution in [0.25, 0.3) is 10.9 Å². The van der Waals surface area contributed by atoms with Crippen molar-refractivity contribution in [2.75, 3.05) is 36.2 Å². The monoisotopic (exact) mass is 532 g/mol. The second-order valence-electron chi connectivity index (χ2n) is 8.72. The van der Waals surface area contributed by atoms with Crippen LogP contribution in [0.1, 0.15) is 25.7 Å². The molecule has 1 saturated carbocycles. The Hall–Kier alpha value is -3.01. The van der Waals surface area contributed by atoms with Crippen LogP contribution in [0.15, 0.2) is 40.9 Å². The van der Waals surface area contributed by atoms with Gasteiger partial charge in [0.15, 0.2) is 11.6 Å². The smallest absolute Gasteiger partial charge is 0.319 e. The number of fused-ring (bicyclic) bond motifs is 1. The van der Waals surface area contributed by atoms with E-state index in [1.807, 2.05) is 43.3 Å². The van der Waals surface area contributed by atoms with Crippen LogP contribution in [-0.4, -0.2) is 42.7 Å². The van der Waals surface area contributed by atoms with Gasteiger partial charge in [-0.05, 0) is 55.9 Å². The zero-order chi connectivity index (χ0) is 24.2. The van der Waals surface area contributed by atoms with Gasteiger partial charge in [0.2, 0.25) is 5.95 Å². The predicted octanol–water partition coefficient (Wildman–Crippen LogP) is 5.53. The van der Waals surface area contributed by atoms with Crippen molar-refractivity contribution < 1.29 is 13.6 Å². The number of nitrogens with zero attached hydrogens (tertiary/aromatic N) is 3. The summed E-state index contributed by atoms with van der Waals surface area (Å²) in [5.74, 6) is 0.111. The van der Waals surface area contributed by atoms with Gasteiger partial charge < -0.3 is 20.9 Å². The maximum absolute atomic E-state index is 13.9. The Labute approximate surface area is 205 Å². The first kappa shape index (κ1) is 24.1. The zero-order valence-corrected chi connectivity index (χ0v) is 20.6. The molecule has 1 fully saturated rings. The van der Waals surface area contributed by atoms with E-state index in [1.54, 1.807) is 0 Å². The molecule has 0 atom stereocenters. The van der Waals surface area contributed by atoms with Crippen molar-refractivity contribution in [3.63, 3.8) is 0 Å². The maximum atomic E-state index is 13.9. The number of amides is 2. The SMILES string of the molecule is CN(C)c1nc(N[C@H]2CC[C@@H](CNC(=O)Nc3c(F)cc(Br)cc3F)CC2)nc2ccccc12. The summed E-state index contributed by atoms with van der Waals surface area (Å²) in [5.41, 5.74) is 0.437. The minimum Gasteiger partial charge on any atom is -0.362 e. The molecule has 10 heteroatoms. The number of anilines is 3. The van der Waals surface area contributed by atoms with Crippen molar-refractivity contribution in [1.82, 2.24) is 15.3 Å². The first-order valence-electron chi connectivity index (χ1n) is 11.2. The van der Waals surface area contributed by atoms with Gasteiger partial charge in [-0.3, -0.25) is 0 Å². The number of hydrogen-bond acceptors (Lipinski definition) is 5. The number of hydrogen-bond donors (Lipinski definition) is 3. The molecule has 4 rings (SSSR count). The lowest BCUT2D eigenvalue weighted by atomic mass is 9.86. The van der Waals surface area contributed by atoms with Crippen molar-refractivity contribution in [2.24, 2.45) is 5.92 Å². The van der Waals surface area contributed by atoms with Gasteiger partial charge in [-0.25, -0.2) is 18.6 Å². The van der Waals surface area contributed by atoms with Crippen LogP contribution in [0.3, 0.4) is 0 Å². The van der Waals surface area contributed by atoms with Crippen molar-refractivity contribution in [3.8, 4) is 0 Å². The highest BCUT2D eigenvalue weighted by atomic mass is 79.9. The molecule has 0 saturated heterocycles. The topological polar surface area (TPSA) is 82.2 Å². The minimum absolute atomic E-state index is 0.243. The van der Waals surface area contributed by atoms with Crippen LogP contribution in [-0.2, 0) is 0 Å². The molecule has 0 spiro atoms. The maximum Gasteiger partial charge on any atom is 0.319 e. The number of rotatable bonds is 6. The average Bonchev–Trinajstić information content (AvgIpc) is 2.80. The standard InChI is InChI=1S/C24H27BrF2N6O/c1-33(2)22-17-5-3-4-6-20(17)30-23(32-22)29-16-9-7-14(8-10-16)13-28-24(34)31-21-18(26)11-15(25)12-19(21)27/h3-6,11-12,14,16H,7-10,13H2,1-2H3,(H2,28,31,34)(H,29,30,32)/t14-,16+. The van der Waals surface area contributed by atoms with Crippen LogP contribution < -0.4 is 20.9 Å². The first-order valence-corrected chi connectivity index (χ1v) is 12.0. The number of para-hydroxylation sites is 1. The van der Waals surface area contributed by atoms with Crippen LogP contribution >= 0.6 is 15.9 Å². The first-order chi connectivity index (χ1) is 16.3. The molecule has 0 radical (unpaired) electrons. The fraction of sp³-hybridized carbons (Fsp3) is 0.375. The lowest BCUT2D eigenvalue weighted by Gasteiger charge is -2.29. The number of nitrogens with one attached hydrogen (secondary N) is 3. The molecule has 2 amide bonds. The van der Waals surface area contributed by atoms with Crippen LogP contribution in [0.5, 0.6) is 0 Å². The molecule has 1 aliphatic rings. The van der Waals surface area contributed by atoms with Crippen molar-refractivity contribution in [2.45, 2.75) is 31.7 Å². The van der Waals surface area contributed by atoms with Gasteiger partial charge >= 0.3 is 6.03 Å². The van der Waals surface area contributed by atoms with E-state index < -0.39 is 23.4 Å². The number of carbonyl (C=O) groups excluding carboxylic acids is 1. The van der Waals surface area contributed by atoms with Gasteiger partial charge in [0.25, 0.3) is 0 Å². The summed E-state index contributed by atoms with van der Waals surface area (Å²) < 4.78 is 28.1. The lowest BCUT2D eigenvalue weighted by Crippen LogP contribution is -2.36. The summed E-state index contributed by atoms with van der Waals surface area (Å²) in [5, 5.41) is 9.47. The molecule has 0 aliphatic heterocycles. The molecule has 1 aliphatic carbocycles. The molecule has 34 heavy (non-hydrogen) atoms. The molecule has 180 valence electrons.